The number of hydrogen-bond donors (Lipinski definition) is 1. The van der Waals surface area contributed by atoms with Gasteiger partial charge in [-0.05, 0) is 37.6 Å². The van der Waals surface area contributed by atoms with Crippen LogP contribution >= 0.6 is 0 Å². The van der Waals surface area contributed by atoms with Crippen LogP contribution in [-0.2, 0) is 19.7 Å². The molecule has 3 aromatic rings. The molecule has 5 rings (SSSR count). The second-order valence-corrected chi connectivity index (χ2v) is 11.7. The maximum atomic E-state index is 13.6. The number of esters is 1. The zero-order valence-electron chi connectivity index (χ0n) is 26.0. The molecule has 0 saturated carbocycles. The number of likely N-dealkylation sites (tertiary alicyclic amines) is 1. The first kappa shape index (κ1) is 31.7. The average molecular weight is 610 g/mol. The van der Waals surface area contributed by atoms with E-state index in [9.17, 15) is 20.0 Å². The third kappa shape index (κ3) is 6.68. The van der Waals surface area contributed by atoms with Crippen molar-refractivity contribution in [1.82, 2.24) is 0 Å². The minimum absolute atomic E-state index is 0.0164. The number of carbonyl (C=O) groups excluding carboxylic acids is 1. The summed E-state index contributed by atoms with van der Waals surface area (Å²) >= 11 is 0. The highest BCUT2D eigenvalue weighted by atomic mass is 16.6. The molecule has 9 heteroatoms. The fraction of sp³-hybridized carbons (Fsp3) is 0.333. The van der Waals surface area contributed by atoms with Crippen LogP contribution in [0.2, 0.25) is 0 Å². The Bertz CT molecular complexity index is 1580. The lowest BCUT2D eigenvalue weighted by molar-refractivity contribution is -0.906. The number of aliphatic imine (C=N–C) groups is 1. The van der Waals surface area contributed by atoms with Crippen LogP contribution in [0.1, 0.15) is 55.7 Å². The largest absolute Gasteiger partial charge is 0.616 e. The number of hydrogen-bond acceptors (Lipinski definition) is 7. The second kappa shape index (κ2) is 13.9. The zero-order valence-corrected chi connectivity index (χ0v) is 26.0. The van der Waals surface area contributed by atoms with Gasteiger partial charge in [0.15, 0.2) is 0 Å². The van der Waals surface area contributed by atoms with Crippen molar-refractivity contribution >= 4 is 17.4 Å². The predicted octanol–water partition coefficient (Wildman–Crippen LogP) is 4.24. The lowest BCUT2D eigenvalue weighted by Gasteiger charge is -2.41. The minimum Gasteiger partial charge on any atom is -0.616 e. The number of nitro groups is 1. The van der Waals surface area contributed by atoms with E-state index in [1.54, 1.807) is 19.9 Å². The minimum atomic E-state index is -0.904. The number of allylic oxidation sites excluding steroid dienone is 2. The molecule has 234 valence electrons. The molecule has 0 spiro atoms. The summed E-state index contributed by atoms with van der Waals surface area (Å²) in [6.07, 6.45) is 2.72. The van der Waals surface area contributed by atoms with Crippen molar-refractivity contribution in [3.63, 3.8) is 0 Å². The number of ether oxygens (including phenoxy) is 2. The second-order valence-electron chi connectivity index (χ2n) is 11.7. The van der Waals surface area contributed by atoms with E-state index in [2.05, 4.69) is 65.7 Å². The molecule has 0 amide bonds. The summed E-state index contributed by atoms with van der Waals surface area (Å²) in [6, 6.07) is 27.4. The molecular formula is C36H39N3O6. The summed E-state index contributed by atoms with van der Waals surface area (Å²) in [5.41, 5.74) is 4.09. The highest BCUT2D eigenvalue weighted by molar-refractivity contribution is 6.06. The molecule has 3 aromatic carbocycles. The van der Waals surface area contributed by atoms with Crippen molar-refractivity contribution in [1.29, 1.82) is 0 Å². The Morgan fingerprint density at radius 1 is 0.978 bits per heavy atom. The highest BCUT2D eigenvalue weighted by Crippen LogP contribution is 2.41. The molecule has 0 aliphatic carbocycles. The molecule has 0 radical (unpaired) electrons. The lowest BCUT2D eigenvalue weighted by atomic mass is 9.68. The molecule has 9 nitrogen and oxygen atoms in total. The summed E-state index contributed by atoms with van der Waals surface area (Å²) in [5, 5.41) is 24.4. The van der Waals surface area contributed by atoms with Crippen LogP contribution in [0, 0.1) is 10.1 Å². The summed E-state index contributed by atoms with van der Waals surface area (Å²) in [5.74, 6) is -2.15. The fourth-order valence-corrected chi connectivity index (χ4v) is 6.83. The van der Waals surface area contributed by atoms with Crippen molar-refractivity contribution in [2.75, 3.05) is 33.4 Å². The van der Waals surface area contributed by atoms with Crippen LogP contribution in [0.15, 0.2) is 113 Å². The lowest BCUT2D eigenvalue weighted by Crippen LogP contribution is -3.13. The number of rotatable bonds is 10. The third-order valence-electron chi connectivity index (χ3n) is 9.10. The number of benzene rings is 3. The van der Waals surface area contributed by atoms with Crippen molar-refractivity contribution in [3.05, 3.63) is 135 Å². The van der Waals surface area contributed by atoms with Gasteiger partial charge in [0.05, 0.1) is 42.7 Å². The fourth-order valence-electron chi connectivity index (χ4n) is 6.83. The van der Waals surface area contributed by atoms with E-state index in [-0.39, 0.29) is 28.9 Å². The van der Waals surface area contributed by atoms with Gasteiger partial charge in [0, 0.05) is 59.7 Å². The van der Waals surface area contributed by atoms with Crippen molar-refractivity contribution in [3.8, 4) is 0 Å². The van der Waals surface area contributed by atoms with Gasteiger partial charge in [-0.15, -0.1) is 0 Å². The number of methoxy groups -OCH3 is 1. The molecule has 1 atom stereocenters. The van der Waals surface area contributed by atoms with Gasteiger partial charge in [-0.1, -0.05) is 72.8 Å². The van der Waals surface area contributed by atoms with Crippen LogP contribution in [0.3, 0.4) is 0 Å². The Morgan fingerprint density at radius 2 is 1.60 bits per heavy atom. The van der Waals surface area contributed by atoms with Crippen molar-refractivity contribution in [2.45, 2.75) is 44.4 Å². The number of piperidine rings is 1. The van der Waals surface area contributed by atoms with Gasteiger partial charge in [-0.25, -0.2) is 4.79 Å². The smallest absolute Gasteiger partial charge is 0.336 e. The number of quaternary nitrogens is 1. The van der Waals surface area contributed by atoms with Crippen LogP contribution in [0.5, 0.6) is 0 Å². The SMILES string of the molecule is COC([O-])=C1C(C)=NC(C)=C(C(=O)OCCC[NH+]2CCC(c3ccccc3)(c3ccccc3)CC2)[C@H]1c1cccc([N+](=O)[O-])c1. The Balaban J connectivity index is 1.26. The Labute approximate surface area is 263 Å². The van der Waals surface area contributed by atoms with Gasteiger partial charge in [0.1, 0.15) is 0 Å². The Morgan fingerprint density at radius 3 is 2.18 bits per heavy atom. The van der Waals surface area contributed by atoms with Crippen LogP contribution < -0.4 is 10.0 Å². The van der Waals surface area contributed by atoms with Gasteiger partial charge >= 0.3 is 5.97 Å². The zero-order chi connectivity index (χ0) is 32.0. The van der Waals surface area contributed by atoms with E-state index in [0.717, 1.165) is 32.5 Å². The number of carbonyl (C=O) groups is 1. The van der Waals surface area contributed by atoms with Gasteiger partial charge in [-0.2, -0.15) is 0 Å². The molecule has 1 N–H and O–H groups in total. The van der Waals surface area contributed by atoms with Gasteiger partial charge in [0.2, 0.25) is 0 Å². The molecule has 45 heavy (non-hydrogen) atoms. The molecule has 2 heterocycles. The van der Waals surface area contributed by atoms with E-state index in [1.807, 2.05) is 0 Å². The average Bonchev–Trinajstić information content (AvgIpc) is 3.07. The predicted molar refractivity (Wildman–Crippen MR) is 170 cm³/mol. The molecule has 1 fully saturated rings. The molecule has 0 bridgehead atoms. The molecule has 0 aromatic heterocycles. The Hall–Kier alpha value is -4.76. The Kier molecular flexibility index (Phi) is 9.78. The van der Waals surface area contributed by atoms with Gasteiger partial charge < -0.3 is 19.5 Å². The van der Waals surface area contributed by atoms with Crippen molar-refractivity contribution < 1.29 is 29.2 Å². The highest BCUT2D eigenvalue weighted by Gasteiger charge is 2.40. The summed E-state index contributed by atoms with van der Waals surface area (Å²) in [6.45, 7) is 6.41. The molecular weight excluding hydrogens is 570 g/mol. The first-order valence-electron chi connectivity index (χ1n) is 15.3. The number of nitrogens with one attached hydrogen (secondary N) is 1. The molecule has 1 saturated heterocycles. The quantitative estimate of drug-likeness (QED) is 0.121. The number of non-ortho nitro benzene ring substituents is 1. The van der Waals surface area contributed by atoms with E-state index in [0.29, 0.717) is 23.4 Å². The first-order chi connectivity index (χ1) is 21.7. The van der Waals surface area contributed by atoms with E-state index in [4.69, 9.17) is 9.47 Å². The molecule has 0 unspecified atom stereocenters. The normalized spacial score (nSPS) is 19.4. The van der Waals surface area contributed by atoms with Crippen LogP contribution in [0.25, 0.3) is 0 Å². The van der Waals surface area contributed by atoms with E-state index >= 15 is 0 Å². The van der Waals surface area contributed by atoms with Gasteiger partial charge in [0.25, 0.3) is 5.69 Å². The summed E-state index contributed by atoms with van der Waals surface area (Å²) < 4.78 is 10.8. The standard InChI is InChI=1S/C36H39N3O6/c1-25-31(34(40)44-3)33(27-12-10-17-30(24-27)39(42)43)32(26(2)37-25)35(41)45-23-11-20-38-21-18-36(19-22-38,28-13-6-4-7-14-28)29-15-8-5-9-16-29/h4-10,12-17,24,33,40H,11,18-23H2,1-3H3/t33-/m0/s1. The molecule has 2 aliphatic rings. The topological polar surface area (TPSA) is 119 Å². The van der Waals surface area contributed by atoms with E-state index < -0.39 is 22.8 Å². The monoisotopic (exact) mass is 609 g/mol. The number of nitrogens with zero attached hydrogens (tertiary/aromatic N) is 2. The summed E-state index contributed by atoms with van der Waals surface area (Å²) in [4.78, 5) is 30.5. The molecule has 2 aliphatic heterocycles. The maximum Gasteiger partial charge on any atom is 0.336 e. The van der Waals surface area contributed by atoms with E-state index in [1.165, 1.54) is 41.3 Å². The first-order valence-corrected chi connectivity index (χ1v) is 15.3. The number of nitro benzene ring substituents is 1. The van der Waals surface area contributed by atoms with Gasteiger partial charge in [-0.3, -0.25) is 15.1 Å². The van der Waals surface area contributed by atoms with Crippen LogP contribution in [-0.4, -0.2) is 50.0 Å². The van der Waals surface area contributed by atoms with Crippen molar-refractivity contribution in [2.24, 2.45) is 4.99 Å². The summed E-state index contributed by atoms with van der Waals surface area (Å²) in [7, 11) is 1.25. The van der Waals surface area contributed by atoms with Crippen LogP contribution in [0.4, 0.5) is 5.69 Å². The maximum absolute atomic E-state index is 13.6. The third-order valence-corrected chi connectivity index (χ3v) is 9.10.